The van der Waals surface area contributed by atoms with E-state index in [-0.39, 0.29) is 5.92 Å². The van der Waals surface area contributed by atoms with Crippen molar-refractivity contribution < 1.29 is 17.6 Å². The first-order chi connectivity index (χ1) is 9.47. The maximum absolute atomic E-state index is 13.0. The maximum Gasteiger partial charge on any atom is 0.416 e. The number of nitrogens with one attached hydrogen (secondary N) is 1. The van der Waals surface area contributed by atoms with Crippen molar-refractivity contribution in [2.24, 2.45) is 5.92 Å². The Morgan fingerprint density at radius 3 is 2.80 bits per heavy atom. The van der Waals surface area contributed by atoms with E-state index in [2.05, 4.69) is 12.2 Å². The third-order valence-electron chi connectivity index (χ3n) is 4.09. The third-order valence-corrected chi connectivity index (χ3v) is 4.09. The van der Waals surface area contributed by atoms with E-state index < -0.39 is 11.7 Å². The quantitative estimate of drug-likeness (QED) is 0.850. The van der Waals surface area contributed by atoms with Crippen LogP contribution in [-0.2, 0) is 6.18 Å². The maximum atomic E-state index is 13.0. The zero-order chi connectivity index (χ0) is 14.3. The lowest BCUT2D eigenvalue weighted by atomic mass is 9.81. The summed E-state index contributed by atoms with van der Waals surface area (Å²) in [5.74, 6) is 0.396. The third kappa shape index (κ3) is 2.30. The van der Waals surface area contributed by atoms with Gasteiger partial charge >= 0.3 is 6.18 Å². The Hall–Kier alpha value is -1.49. The van der Waals surface area contributed by atoms with E-state index in [9.17, 15) is 13.2 Å². The monoisotopic (exact) mass is 283 g/mol. The molecule has 0 radical (unpaired) electrons. The minimum absolute atomic E-state index is 0.104. The van der Waals surface area contributed by atoms with Gasteiger partial charge in [-0.2, -0.15) is 13.2 Å². The van der Waals surface area contributed by atoms with Crippen LogP contribution in [0.3, 0.4) is 0 Å². The highest BCUT2D eigenvalue weighted by Gasteiger charge is 2.34. The molecule has 2 aromatic rings. The number of halogens is 3. The Kier molecular flexibility index (Phi) is 3.24. The summed E-state index contributed by atoms with van der Waals surface area (Å²) in [6, 6.07) is 4.02. The van der Waals surface area contributed by atoms with Crippen molar-refractivity contribution in [2.45, 2.75) is 25.4 Å². The molecule has 0 bridgehead atoms. The molecule has 1 N–H and O–H groups in total. The number of rotatable bonds is 1. The molecule has 5 heteroatoms. The molecule has 2 atom stereocenters. The van der Waals surface area contributed by atoms with Crippen LogP contribution in [0, 0.1) is 5.92 Å². The minimum atomic E-state index is -4.32. The van der Waals surface area contributed by atoms with Crippen molar-refractivity contribution in [1.29, 1.82) is 0 Å². The molecule has 2 unspecified atom stereocenters. The molecule has 1 aromatic heterocycles. The van der Waals surface area contributed by atoms with Crippen molar-refractivity contribution in [3.8, 4) is 0 Å². The molecule has 0 aliphatic carbocycles. The van der Waals surface area contributed by atoms with Gasteiger partial charge in [0.05, 0.1) is 11.8 Å². The lowest BCUT2D eigenvalue weighted by molar-refractivity contribution is -0.137. The number of hydrogen-bond acceptors (Lipinski definition) is 2. The molecule has 2 heterocycles. The molecule has 2 nitrogen and oxygen atoms in total. The normalized spacial score (nSPS) is 24.2. The first-order valence-corrected chi connectivity index (χ1v) is 6.76. The molecule has 108 valence electrons. The van der Waals surface area contributed by atoms with E-state index in [1.807, 2.05) is 0 Å². The van der Waals surface area contributed by atoms with E-state index in [4.69, 9.17) is 4.42 Å². The fraction of sp³-hybridized carbons (Fsp3) is 0.467. The van der Waals surface area contributed by atoms with Crippen LogP contribution in [0.4, 0.5) is 13.2 Å². The number of benzene rings is 1. The van der Waals surface area contributed by atoms with Crippen LogP contribution in [0.25, 0.3) is 11.0 Å². The van der Waals surface area contributed by atoms with Crippen molar-refractivity contribution >= 4 is 11.0 Å². The Morgan fingerprint density at radius 2 is 2.10 bits per heavy atom. The number of fused-ring (bicyclic) bond motifs is 1. The fourth-order valence-corrected chi connectivity index (χ4v) is 3.02. The van der Waals surface area contributed by atoms with Crippen molar-refractivity contribution in [3.63, 3.8) is 0 Å². The largest absolute Gasteiger partial charge is 0.464 e. The van der Waals surface area contributed by atoms with E-state index in [0.717, 1.165) is 25.6 Å². The van der Waals surface area contributed by atoms with Gasteiger partial charge in [-0.1, -0.05) is 6.92 Å². The zero-order valence-corrected chi connectivity index (χ0v) is 11.1. The van der Waals surface area contributed by atoms with Crippen LogP contribution in [-0.4, -0.2) is 13.1 Å². The topological polar surface area (TPSA) is 25.2 Å². The summed E-state index contributed by atoms with van der Waals surface area (Å²) in [4.78, 5) is 0. The van der Waals surface area contributed by atoms with Crippen LogP contribution in [0.2, 0.25) is 0 Å². The average molecular weight is 283 g/mol. The summed E-state index contributed by atoms with van der Waals surface area (Å²) < 4.78 is 44.5. The van der Waals surface area contributed by atoms with Crippen LogP contribution in [0.1, 0.15) is 30.4 Å². The van der Waals surface area contributed by atoms with Crippen LogP contribution >= 0.6 is 0 Å². The van der Waals surface area contributed by atoms with Crippen molar-refractivity contribution in [1.82, 2.24) is 5.32 Å². The molecule has 0 saturated carbocycles. The van der Waals surface area contributed by atoms with E-state index >= 15 is 0 Å². The SMILES string of the molecule is CC1CNCCC1c1cc(C(F)(F)F)cc2ccoc12. The van der Waals surface area contributed by atoms with E-state index in [1.54, 1.807) is 6.07 Å². The molecule has 1 fully saturated rings. The van der Waals surface area contributed by atoms with Gasteiger partial charge in [0, 0.05) is 5.39 Å². The van der Waals surface area contributed by atoms with Gasteiger partial charge in [0.15, 0.2) is 0 Å². The molecule has 1 aliphatic rings. The lowest BCUT2D eigenvalue weighted by Gasteiger charge is -2.30. The number of alkyl halides is 3. The second-order valence-corrected chi connectivity index (χ2v) is 5.48. The standard InChI is InChI=1S/C15H16F3NO/c1-9-8-19-4-2-12(9)13-7-11(15(16,17)18)6-10-3-5-20-14(10)13/h3,5-7,9,12,19H,2,4,8H2,1H3. The predicted molar refractivity (Wildman–Crippen MR) is 70.6 cm³/mol. The molecule has 1 aliphatic heterocycles. The summed E-state index contributed by atoms with van der Waals surface area (Å²) in [6.45, 7) is 3.71. The molecule has 0 spiro atoms. The summed E-state index contributed by atoms with van der Waals surface area (Å²) in [5, 5.41) is 3.80. The number of furan rings is 1. The lowest BCUT2D eigenvalue weighted by Crippen LogP contribution is -2.33. The molecule has 1 saturated heterocycles. The Bertz CT molecular complexity index is 617. The Labute approximate surface area is 115 Å². The summed E-state index contributed by atoms with van der Waals surface area (Å²) in [7, 11) is 0. The number of piperidine rings is 1. The van der Waals surface area contributed by atoms with E-state index in [0.29, 0.717) is 22.5 Å². The summed E-state index contributed by atoms with van der Waals surface area (Å²) in [5.41, 5.74) is 0.692. The average Bonchev–Trinajstić information content (AvgIpc) is 2.85. The van der Waals surface area contributed by atoms with Crippen molar-refractivity contribution in [3.05, 3.63) is 35.6 Å². The summed E-state index contributed by atoms with van der Waals surface area (Å²) in [6.07, 6.45) is -2.03. The minimum Gasteiger partial charge on any atom is -0.464 e. The van der Waals surface area contributed by atoms with Gasteiger partial charge in [-0.3, -0.25) is 0 Å². The zero-order valence-electron chi connectivity index (χ0n) is 11.1. The molecule has 20 heavy (non-hydrogen) atoms. The number of hydrogen-bond donors (Lipinski definition) is 1. The second-order valence-electron chi connectivity index (χ2n) is 5.48. The Morgan fingerprint density at radius 1 is 1.30 bits per heavy atom. The highest BCUT2D eigenvalue weighted by molar-refractivity contribution is 5.82. The molecule has 1 aromatic carbocycles. The molecule has 0 amide bonds. The van der Waals surface area contributed by atoms with Crippen LogP contribution < -0.4 is 5.32 Å². The van der Waals surface area contributed by atoms with Gasteiger partial charge < -0.3 is 9.73 Å². The summed E-state index contributed by atoms with van der Waals surface area (Å²) >= 11 is 0. The molecular weight excluding hydrogens is 267 g/mol. The highest BCUT2D eigenvalue weighted by atomic mass is 19.4. The molecular formula is C15H16F3NO. The smallest absolute Gasteiger partial charge is 0.416 e. The highest BCUT2D eigenvalue weighted by Crippen LogP contribution is 2.39. The van der Waals surface area contributed by atoms with Crippen LogP contribution in [0.5, 0.6) is 0 Å². The first-order valence-electron chi connectivity index (χ1n) is 6.76. The van der Waals surface area contributed by atoms with Gasteiger partial charge in [-0.05, 0) is 55.1 Å². The van der Waals surface area contributed by atoms with Gasteiger partial charge in [0.1, 0.15) is 5.58 Å². The van der Waals surface area contributed by atoms with E-state index in [1.165, 1.54) is 12.3 Å². The Balaban J connectivity index is 2.14. The predicted octanol–water partition coefficient (Wildman–Crippen LogP) is 4.16. The van der Waals surface area contributed by atoms with Gasteiger partial charge in [-0.25, -0.2) is 0 Å². The molecule has 3 rings (SSSR count). The fourth-order valence-electron chi connectivity index (χ4n) is 3.02. The van der Waals surface area contributed by atoms with Gasteiger partial charge in [-0.15, -0.1) is 0 Å². The van der Waals surface area contributed by atoms with Crippen molar-refractivity contribution in [2.75, 3.05) is 13.1 Å². The van der Waals surface area contributed by atoms with Gasteiger partial charge in [0.2, 0.25) is 0 Å². The van der Waals surface area contributed by atoms with Crippen LogP contribution in [0.15, 0.2) is 28.9 Å². The van der Waals surface area contributed by atoms with Gasteiger partial charge in [0.25, 0.3) is 0 Å². The first kappa shape index (κ1) is 13.5. The second kappa shape index (κ2) is 4.81.